The zero-order valence-corrected chi connectivity index (χ0v) is 11.0. The first-order valence-corrected chi connectivity index (χ1v) is 6.39. The van der Waals surface area contributed by atoms with E-state index in [0.29, 0.717) is 5.56 Å². The molecule has 1 heterocycles. The topological polar surface area (TPSA) is 20.2 Å². The van der Waals surface area contributed by atoms with Crippen LogP contribution < -0.4 is 0 Å². The van der Waals surface area contributed by atoms with E-state index in [2.05, 4.69) is 15.9 Å². The molecule has 0 fully saturated rings. The maximum Gasteiger partial charge on any atom is 0.129 e. The smallest absolute Gasteiger partial charge is 0.129 e. The number of thiophene rings is 1. The molecule has 16 heavy (non-hydrogen) atoms. The summed E-state index contributed by atoms with van der Waals surface area (Å²) in [6.45, 7) is 1.94. The minimum Gasteiger partial charge on any atom is -0.383 e. The average molecular weight is 301 g/mol. The van der Waals surface area contributed by atoms with Gasteiger partial charge in [-0.05, 0) is 40.5 Å². The number of aryl methyl sites for hydroxylation is 1. The summed E-state index contributed by atoms with van der Waals surface area (Å²) in [6.07, 6.45) is -0.892. The van der Waals surface area contributed by atoms with Crippen molar-refractivity contribution in [2.24, 2.45) is 0 Å². The lowest BCUT2D eigenvalue weighted by molar-refractivity contribution is 0.218. The number of halogens is 2. The van der Waals surface area contributed by atoms with E-state index < -0.39 is 6.10 Å². The molecule has 0 saturated carbocycles. The van der Waals surface area contributed by atoms with Gasteiger partial charge in [0.05, 0.1) is 3.79 Å². The lowest BCUT2D eigenvalue weighted by Crippen LogP contribution is -1.99. The number of hydrogen-bond acceptors (Lipinski definition) is 2. The molecule has 1 aromatic carbocycles. The van der Waals surface area contributed by atoms with Gasteiger partial charge in [-0.1, -0.05) is 18.2 Å². The molecule has 1 aromatic heterocycles. The Kier molecular flexibility index (Phi) is 3.42. The van der Waals surface area contributed by atoms with Gasteiger partial charge in [-0.2, -0.15) is 0 Å². The third-order valence-electron chi connectivity index (χ3n) is 2.35. The minimum absolute atomic E-state index is 0.316. The molecule has 4 heteroatoms. The quantitative estimate of drug-likeness (QED) is 0.887. The fraction of sp³-hybridized carbons (Fsp3) is 0.167. The van der Waals surface area contributed by atoms with Crippen molar-refractivity contribution < 1.29 is 9.50 Å². The summed E-state index contributed by atoms with van der Waals surface area (Å²) in [5.41, 5.74) is 1.37. The Morgan fingerprint density at radius 3 is 2.62 bits per heavy atom. The van der Waals surface area contributed by atoms with E-state index >= 15 is 0 Å². The summed E-state index contributed by atoms with van der Waals surface area (Å²) < 4.78 is 14.4. The third-order valence-corrected chi connectivity index (χ3v) is 4.53. The normalized spacial score (nSPS) is 12.8. The molecule has 1 nitrogen and oxygen atoms in total. The number of hydrogen-bond donors (Lipinski definition) is 1. The van der Waals surface area contributed by atoms with Crippen LogP contribution in [0.5, 0.6) is 0 Å². The van der Waals surface area contributed by atoms with E-state index in [1.807, 2.05) is 13.0 Å². The van der Waals surface area contributed by atoms with Crippen LogP contribution in [0.3, 0.4) is 0 Å². The SMILES string of the molecule is Cc1cc(C(O)c2ccccc2F)sc1Br. The summed E-state index contributed by atoms with van der Waals surface area (Å²) in [7, 11) is 0. The highest BCUT2D eigenvalue weighted by atomic mass is 79.9. The molecule has 2 aromatic rings. The van der Waals surface area contributed by atoms with E-state index in [0.717, 1.165) is 14.2 Å². The van der Waals surface area contributed by atoms with Gasteiger partial charge >= 0.3 is 0 Å². The second-order valence-electron chi connectivity index (χ2n) is 3.53. The van der Waals surface area contributed by atoms with Crippen LogP contribution in [0.15, 0.2) is 34.1 Å². The molecule has 0 bridgehead atoms. The average Bonchev–Trinajstić information content (AvgIpc) is 2.59. The van der Waals surface area contributed by atoms with Crippen LogP contribution in [0, 0.1) is 12.7 Å². The molecule has 84 valence electrons. The fourth-order valence-electron chi connectivity index (χ4n) is 1.47. The zero-order valence-electron chi connectivity index (χ0n) is 8.58. The first-order valence-electron chi connectivity index (χ1n) is 4.78. The van der Waals surface area contributed by atoms with Crippen LogP contribution in [0.1, 0.15) is 22.1 Å². The molecule has 2 rings (SSSR count). The monoisotopic (exact) mass is 300 g/mol. The molecule has 0 aliphatic carbocycles. The minimum atomic E-state index is -0.892. The highest BCUT2D eigenvalue weighted by Crippen LogP contribution is 2.34. The van der Waals surface area contributed by atoms with Crippen LogP contribution in [-0.2, 0) is 0 Å². The zero-order chi connectivity index (χ0) is 11.7. The van der Waals surface area contributed by atoms with Gasteiger partial charge in [0.1, 0.15) is 11.9 Å². The highest BCUT2D eigenvalue weighted by Gasteiger charge is 2.17. The van der Waals surface area contributed by atoms with Crippen LogP contribution in [0.2, 0.25) is 0 Å². The number of benzene rings is 1. The Morgan fingerprint density at radius 1 is 1.38 bits per heavy atom. The number of aliphatic hydroxyl groups is 1. The van der Waals surface area contributed by atoms with Crippen molar-refractivity contribution in [2.45, 2.75) is 13.0 Å². The van der Waals surface area contributed by atoms with Gasteiger partial charge in [0.2, 0.25) is 0 Å². The molecule has 0 spiro atoms. The number of rotatable bonds is 2. The second kappa shape index (κ2) is 4.65. The molecule has 0 aliphatic rings. The largest absolute Gasteiger partial charge is 0.383 e. The van der Waals surface area contributed by atoms with Gasteiger partial charge in [-0.25, -0.2) is 4.39 Å². The van der Waals surface area contributed by atoms with Gasteiger partial charge in [0.25, 0.3) is 0 Å². The molecule has 0 radical (unpaired) electrons. The summed E-state index contributed by atoms with van der Waals surface area (Å²) in [5, 5.41) is 10.1. The summed E-state index contributed by atoms with van der Waals surface area (Å²) in [4.78, 5) is 0.745. The first kappa shape index (κ1) is 11.8. The van der Waals surface area contributed by atoms with E-state index in [9.17, 15) is 9.50 Å². The number of aliphatic hydroxyl groups excluding tert-OH is 1. The van der Waals surface area contributed by atoms with Crippen molar-refractivity contribution in [3.63, 3.8) is 0 Å². The van der Waals surface area contributed by atoms with Crippen molar-refractivity contribution in [2.75, 3.05) is 0 Å². The molecular weight excluding hydrogens is 291 g/mol. The van der Waals surface area contributed by atoms with E-state index in [4.69, 9.17) is 0 Å². The van der Waals surface area contributed by atoms with Gasteiger partial charge in [-0.15, -0.1) is 11.3 Å². The second-order valence-corrected chi connectivity index (χ2v) is 5.93. The standard InChI is InChI=1S/C12H10BrFOS/c1-7-6-10(16-12(7)13)11(15)8-4-2-3-5-9(8)14/h2-6,11,15H,1H3. The van der Waals surface area contributed by atoms with E-state index in [1.165, 1.54) is 17.4 Å². The Balaban J connectivity index is 2.39. The van der Waals surface area contributed by atoms with Gasteiger partial charge < -0.3 is 5.11 Å². The highest BCUT2D eigenvalue weighted by molar-refractivity contribution is 9.11. The molecule has 1 atom stereocenters. The van der Waals surface area contributed by atoms with Gasteiger partial charge in [0.15, 0.2) is 0 Å². The lowest BCUT2D eigenvalue weighted by atomic mass is 10.1. The van der Waals surface area contributed by atoms with Crippen LogP contribution in [-0.4, -0.2) is 5.11 Å². The summed E-state index contributed by atoms with van der Waals surface area (Å²) in [6, 6.07) is 8.15. The first-order chi connectivity index (χ1) is 7.59. The Bertz CT molecular complexity index is 490. The third kappa shape index (κ3) is 2.19. The van der Waals surface area contributed by atoms with Crippen molar-refractivity contribution in [3.05, 3.63) is 55.9 Å². The lowest BCUT2D eigenvalue weighted by Gasteiger charge is -2.09. The fourth-order valence-corrected chi connectivity index (χ4v) is 3.04. The van der Waals surface area contributed by atoms with E-state index in [1.54, 1.807) is 18.2 Å². The predicted molar refractivity (Wildman–Crippen MR) is 67.2 cm³/mol. The molecule has 1 unspecified atom stereocenters. The maximum atomic E-state index is 13.5. The van der Waals surface area contributed by atoms with Gasteiger partial charge in [-0.3, -0.25) is 0 Å². The van der Waals surface area contributed by atoms with Crippen molar-refractivity contribution in [3.8, 4) is 0 Å². The Hall–Kier alpha value is -0.710. The van der Waals surface area contributed by atoms with E-state index in [-0.39, 0.29) is 5.82 Å². The molecular formula is C12H10BrFOS. The van der Waals surface area contributed by atoms with Crippen LogP contribution in [0.4, 0.5) is 4.39 Å². The van der Waals surface area contributed by atoms with Crippen LogP contribution >= 0.6 is 27.3 Å². The van der Waals surface area contributed by atoms with Crippen molar-refractivity contribution in [1.29, 1.82) is 0 Å². The van der Waals surface area contributed by atoms with Crippen molar-refractivity contribution >= 4 is 27.3 Å². The molecule has 0 amide bonds. The summed E-state index contributed by atoms with van der Waals surface area (Å²) >= 11 is 4.82. The maximum absolute atomic E-state index is 13.5. The molecule has 1 N–H and O–H groups in total. The molecule has 0 aliphatic heterocycles. The van der Waals surface area contributed by atoms with Gasteiger partial charge in [0, 0.05) is 10.4 Å². The summed E-state index contributed by atoms with van der Waals surface area (Å²) in [5.74, 6) is -0.378. The van der Waals surface area contributed by atoms with Crippen LogP contribution in [0.25, 0.3) is 0 Å². The van der Waals surface area contributed by atoms with Crippen molar-refractivity contribution in [1.82, 2.24) is 0 Å². The Morgan fingerprint density at radius 2 is 2.06 bits per heavy atom. The molecule has 0 saturated heterocycles. The Labute approximate surface area is 106 Å². The predicted octanol–water partition coefficient (Wildman–Crippen LogP) is 4.04.